The van der Waals surface area contributed by atoms with Crippen LogP contribution in [-0.4, -0.2) is 19.4 Å². The van der Waals surface area contributed by atoms with Gasteiger partial charge in [0.15, 0.2) is 12.4 Å². The highest BCUT2D eigenvalue weighted by molar-refractivity contribution is 6.50. The van der Waals surface area contributed by atoms with Crippen LogP contribution < -0.4 is 4.98 Å². The average Bonchev–Trinajstić information content (AvgIpc) is 2.35. The van der Waals surface area contributed by atoms with E-state index in [9.17, 15) is 43.5 Å². The van der Waals surface area contributed by atoms with E-state index in [1.807, 2.05) is 0 Å². The molecule has 0 saturated carbocycles. The first-order valence-corrected chi connectivity index (χ1v) is 6.05. The second-order valence-corrected chi connectivity index (χ2v) is 4.08. The van der Waals surface area contributed by atoms with Crippen LogP contribution in [0.2, 0.25) is 0 Å². The van der Waals surface area contributed by atoms with Crippen molar-refractivity contribution in [3.8, 4) is 0 Å². The zero-order valence-corrected chi connectivity index (χ0v) is 11.6. The summed E-state index contributed by atoms with van der Waals surface area (Å²) in [6.45, 7) is 0. The number of nitrogens with zero attached hydrogens (tertiary/aromatic N) is 1. The first-order valence-electron chi connectivity index (χ1n) is 6.05. The first-order chi connectivity index (χ1) is 10.7. The second kappa shape index (κ2) is 8.76. The molecule has 1 N–H and O–H groups in total. The summed E-state index contributed by atoms with van der Waals surface area (Å²) in [5.41, 5.74) is 0.498. The summed E-state index contributed by atoms with van der Waals surface area (Å²) in [7, 11) is -12.0. The Morgan fingerprint density at radius 3 is 1.71 bits per heavy atom. The van der Waals surface area contributed by atoms with Crippen LogP contribution in [0.3, 0.4) is 0 Å². The van der Waals surface area contributed by atoms with Crippen molar-refractivity contribution in [2.75, 3.05) is 0 Å². The molecule has 0 saturated heterocycles. The fourth-order valence-corrected chi connectivity index (χ4v) is 1.42. The molecule has 0 amide bonds. The van der Waals surface area contributed by atoms with Gasteiger partial charge in [0.25, 0.3) is 6.04 Å². The third-order valence-corrected chi connectivity index (χ3v) is 2.11. The lowest BCUT2D eigenvalue weighted by Crippen LogP contribution is -2.33. The van der Waals surface area contributed by atoms with Crippen molar-refractivity contribution in [1.82, 2.24) is 0 Å². The minimum absolute atomic E-state index is 0.498. The highest BCUT2D eigenvalue weighted by atomic mass is 19.5. The Bertz CT molecular complexity index is 517. The van der Waals surface area contributed by atoms with Crippen molar-refractivity contribution in [1.29, 1.82) is 0 Å². The molecule has 0 bridgehead atoms. The molecular formula is C10H10B2F10N2. The summed E-state index contributed by atoms with van der Waals surface area (Å²) < 4.78 is 105. The maximum Gasteiger partial charge on any atom is 0.673 e. The summed E-state index contributed by atoms with van der Waals surface area (Å²) >= 11 is 0. The van der Waals surface area contributed by atoms with Crippen LogP contribution in [0.25, 0.3) is 0 Å². The quantitative estimate of drug-likeness (QED) is 0.383. The number of hydrogen-bond acceptors (Lipinski definition) is 0. The highest BCUT2D eigenvalue weighted by Gasteiger charge is 2.43. The van der Waals surface area contributed by atoms with Crippen LogP contribution in [0.1, 0.15) is 11.7 Å². The Morgan fingerprint density at radius 2 is 1.33 bits per heavy atom. The van der Waals surface area contributed by atoms with E-state index >= 15 is 0 Å². The van der Waals surface area contributed by atoms with E-state index in [0.717, 1.165) is 6.20 Å². The zero-order chi connectivity index (χ0) is 19.0. The van der Waals surface area contributed by atoms with Gasteiger partial charge in [0.1, 0.15) is 0 Å². The van der Waals surface area contributed by atoms with E-state index in [2.05, 4.69) is 4.98 Å². The predicted molar refractivity (Wildman–Crippen MR) is 66.9 cm³/mol. The molecule has 14 heteroatoms. The number of quaternary nitrogens is 1. The normalized spacial score (nSPS) is 18.8. The molecule has 136 valence electrons. The fraction of sp³-hybridized carbons (Fsp3) is 0.100. The van der Waals surface area contributed by atoms with Crippen LogP contribution in [0.5, 0.6) is 0 Å². The SMILES string of the molecule is F[B-](F)(F)F.F[B-](F)(F)F.F[N+]1(F)C=CC=CC1c1cccc[nH+]1. The topological polar surface area (TPSA) is 14.1 Å². The molecule has 1 aromatic heterocycles. The van der Waals surface area contributed by atoms with Crippen molar-refractivity contribution in [2.24, 2.45) is 0 Å². The smallest absolute Gasteiger partial charge is 0.418 e. The molecule has 1 atom stereocenters. The molecule has 0 spiro atoms. The van der Waals surface area contributed by atoms with Crippen molar-refractivity contribution in [2.45, 2.75) is 6.04 Å². The molecule has 0 aliphatic carbocycles. The van der Waals surface area contributed by atoms with Crippen molar-refractivity contribution >= 4 is 14.5 Å². The summed E-state index contributed by atoms with van der Waals surface area (Å²) in [6, 6.07) is 4.20. The molecule has 1 aliphatic rings. The molecular weight excluding hydrogens is 360 g/mol. The van der Waals surface area contributed by atoms with Crippen molar-refractivity contribution in [3.63, 3.8) is 0 Å². The van der Waals surface area contributed by atoms with E-state index in [0.29, 0.717) is 5.69 Å². The van der Waals surface area contributed by atoms with E-state index in [4.69, 9.17) is 0 Å². The molecule has 2 nitrogen and oxygen atoms in total. The maximum atomic E-state index is 13.3. The summed E-state index contributed by atoms with van der Waals surface area (Å²) in [6.07, 6.45) is 6.96. The number of nitrogens with one attached hydrogen (secondary N) is 1. The summed E-state index contributed by atoms with van der Waals surface area (Å²) in [4.78, 5) is 0.671. The molecule has 0 fully saturated rings. The van der Waals surface area contributed by atoms with E-state index < -0.39 is 25.5 Å². The maximum absolute atomic E-state index is 13.3. The Morgan fingerprint density at radius 1 is 0.833 bits per heavy atom. The van der Waals surface area contributed by atoms with Crippen LogP contribution >= 0.6 is 0 Å². The van der Waals surface area contributed by atoms with Gasteiger partial charge in [0.2, 0.25) is 5.69 Å². The molecule has 1 aliphatic heterocycles. The summed E-state index contributed by atoms with van der Waals surface area (Å²) in [5, 5.41) is 0. The van der Waals surface area contributed by atoms with E-state index in [1.54, 1.807) is 30.5 Å². The minimum Gasteiger partial charge on any atom is -0.418 e. The van der Waals surface area contributed by atoms with Gasteiger partial charge in [-0.25, -0.2) is 4.98 Å². The lowest BCUT2D eigenvalue weighted by molar-refractivity contribution is -1.15. The van der Waals surface area contributed by atoms with E-state index in [1.165, 1.54) is 12.2 Å². The first kappa shape index (κ1) is 22.0. The monoisotopic (exact) mass is 370 g/mol. The molecule has 1 unspecified atom stereocenters. The largest absolute Gasteiger partial charge is 0.673 e. The Labute approximate surface area is 129 Å². The number of rotatable bonds is 1. The number of allylic oxidation sites excluding steroid dienone is 2. The van der Waals surface area contributed by atoms with Crippen LogP contribution in [0.15, 0.2) is 48.8 Å². The number of aromatic amines is 1. The van der Waals surface area contributed by atoms with Gasteiger partial charge in [0, 0.05) is 21.1 Å². The minimum atomic E-state index is -6.00. The van der Waals surface area contributed by atoms with Gasteiger partial charge in [-0.1, -0.05) is 6.08 Å². The molecule has 1 aromatic rings. The van der Waals surface area contributed by atoms with E-state index in [-0.39, 0.29) is 0 Å². The molecule has 2 rings (SSSR count). The van der Waals surface area contributed by atoms with Gasteiger partial charge in [-0.2, -0.15) is 0 Å². The van der Waals surface area contributed by atoms with Gasteiger partial charge in [0.05, 0.1) is 4.93 Å². The number of H-pyrrole nitrogens is 1. The predicted octanol–water partition coefficient (Wildman–Crippen LogP) is 4.81. The third kappa shape index (κ3) is 12.6. The Balaban J connectivity index is 0.000000442. The van der Waals surface area contributed by atoms with Crippen molar-refractivity contribution in [3.05, 3.63) is 54.5 Å². The Hall–Kier alpha value is -1.98. The Kier molecular flexibility index (Phi) is 8.03. The van der Waals surface area contributed by atoms with Gasteiger partial charge < -0.3 is 34.5 Å². The second-order valence-electron chi connectivity index (χ2n) is 4.08. The molecule has 0 radical (unpaired) electrons. The van der Waals surface area contributed by atoms with Gasteiger partial charge in [-0.15, -0.1) is 0 Å². The standard InChI is InChI=1S/C10H9F2N2.2BF4/c11-14(12)8-4-2-6-10(14)9-5-1-3-7-13-9;2*2-1(3,4)5/h1-8,10H;;/q+1;2*-1/p+1. The van der Waals surface area contributed by atoms with Gasteiger partial charge in [-0.3, -0.25) is 0 Å². The lowest BCUT2D eigenvalue weighted by Gasteiger charge is -2.16. The zero-order valence-electron chi connectivity index (χ0n) is 11.6. The van der Waals surface area contributed by atoms with Crippen LogP contribution in [-0.2, 0) is 0 Å². The highest BCUT2D eigenvalue weighted by Crippen LogP contribution is 2.32. The lowest BCUT2D eigenvalue weighted by atomic mass is 10.1. The van der Waals surface area contributed by atoms with Crippen LogP contribution in [0.4, 0.5) is 43.5 Å². The third-order valence-electron chi connectivity index (χ3n) is 2.11. The molecule has 24 heavy (non-hydrogen) atoms. The number of aromatic nitrogens is 1. The average molecular weight is 370 g/mol. The number of pyridine rings is 1. The molecule has 2 heterocycles. The fourth-order valence-electron chi connectivity index (χ4n) is 1.42. The van der Waals surface area contributed by atoms with Gasteiger partial charge >= 0.3 is 14.5 Å². The summed E-state index contributed by atoms with van der Waals surface area (Å²) in [5.74, 6) is 0. The van der Waals surface area contributed by atoms with Crippen LogP contribution in [0, 0.1) is 0 Å². The molecule has 0 aromatic carbocycles. The number of halogens is 10. The number of hydrogen-bond donors (Lipinski definition) is 0. The van der Waals surface area contributed by atoms with Gasteiger partial charge in [-0.05, 0) is 18.2 Å². The van der Waals surface area contributed by atoms with Crippen molar-refractivity contribution < 1.29 is 53.4 Å².